The van der Waals surface area contributed by atoms with E-state index in [1.165, 1.54) is 20.3 Å². The number of benzene rings is 2. The van der Waals surface area contributed by atoms with Crippen molar-refractivity contribution in [2.75, 3.05) is 33.1 Å². The molecule has 2 aromatic carbocycles. The lowest BCUT2D eigenvalue weighted by atomic mass is 10.2. The second-order valence-corrected chi connectivity index (χ2v) is 6.15. The van der Waals surface area contributed by atoms with Crippen molar-refractivity contribution in [1.82, 2.24) is 4.90 Å². The number of ether oxygens (including phenoxy) is 3. The fourth-order valence-corrected chi connectivity index (χ4v) is 2.62. The Bertz CT molecular complexity index is 843. The molecule has 0 atom stereocenters. The average molecular weight is 408 g/mol. The van der Waals surface area contributed by atoms with Crippen molar-refractivity contribution in [1.29, 1.82) is 0 Å². The molecule has 156 valence electrons. The normalized spacial score (nSPS) is 10.7. The van der Waals surface area contributed by atoms with Gasteiger partial charge in [-0.15, -0.1) is 0 Å². The molecule has 0 aliphatic rings. The molecule has 7 nitrogen and oxygen atoms in total. The summed E-state index contributed by atoms with van der Waals surface area (Å²) in [5, 5.41) is 2.74. The van der Waals surface area contributed by atoms with Crippen LogP contribution in [0.3, 0.4) is 0 Å². The Balaban J connectivity index is 1.92. The standard InChI is InChI=1S/C20H22F2N2O5/c1-24(11-13-4-9-16(29-20(21)22)17(10-13)27-2)12-18(25)23-15-7-5-14(6-8-15)19(26)28-3/h4-10,20H,11-12H2,1-3H3,(H,23,25). The predicted molar refractivity (Wildman–Crippen MR) is 102 cm³/mol. The van der Waals surface area contributed by atoms with Gasteiger partial charge in [-0.2, -0.15) is 8.78 Å². The van der Waals surface area contributed by atoms with Crippen molar-refractivity contribution >= 4 is 17.6 Å². The van der Waals surface area contributed by atoms with Crippen LogP contribution in [0, 0.1) is 0 Å². The van der Waals surface area contributed by atoms with Gasteiger partial charge in [-0.05, 0) is 49.0 Å². The number of amides is 1. The number of carbonyl (C=O) groups is 2. The van der Waals surface area contributed by atoms with Crippen LogP contribution in [0.1, 0.15) is 15.9 Å². The molecule has 2 rings (SSSR count). The predicted octanol–water partition coefficient (Wildman–Crippen LogP) is 3.15. The number of nitrogens with one attached hydrogen (secondary N) is 1. The molecule has 0 aliphatic carbocycles. The monoisotopic (exact) mass is 408 g/mol. The van der Waals surface area contributed by atoms with E-state index in [-0.39, 0.29) is 24.0 Å². The molecule has 2 aromatic rings. The minimum Gasteiger partial charge on any atom is -0.493 e. The molecule has 0 unspecified atom stereocenters. The van der Waals surface area contributed by atoms with Gasteiger partial charge >= 0.3 is 12.6 Å². The molecular formula is C20H22F2N2O5. The van der Waals surface area contributed by atoms with Gasteiger partial charge in [0.1, 0.15) is 0 Å². The van der Waals surface area contributed by atoms with Crippen LogP contribution in [0.25, 0.3) is 0 Å². The van der Waals surface area contributed by atoms with Gasteiger partial charge in [-0.3, -0.25) is 9.69 Å². The van der Waals surface area contributed by atoms with E-state index >= 15 is 0 Å². The molecule has 1 N–H and O–H groups in total. The fraction of sp³-hybridized carbons (Fsp3) is 0.300. The number of likely N-dealkylation sites (N-methyl/N-ethyl adjacent to an activating group) is 1. The first-order valence-corrected chi connectivity index (χ1v) is 8.61. The highest BCUT2D eigenvalue weighted by molar-refractivity contribution is 5.93. The third kappa shape index (κ3) is 6.72. The topological polar surface area (TPSA) is 77.1 Å². The van der Waals surface area contributed by atoms with E-state index in [0.717, 1.165) is 5.56 Å². The second-order valence-electron chi connectivity index (χ2n) is 6.15. The summed E-state index contributed by atoms with van der Waals surface area (Å²) in [5.41, 5.74) is 1.70. The number of hydrogen-bond acceptors (Lipinski definition) is 6. The van der Waals surface area contributed by atoms with Crippen molar-refractivity contribution in [2.24, 2.45) is 0 Å². The first kappa shape index (κ1) is 22.1. The molecule has 0 spiro atoms. The second kappa shape index (κ2) is 10.4. The molecular weight excluding hydrogens is 386 g/mol. The molecule has 1 amide bonds. The first-order valence-electron chi connectivity index (χ1n) is 8.61. The lowest BCUT2D eigenvalue weighted by Gasteiger charge is -2.18. The third-order valence-corrected chi connectivity index (χ3v) is 3.90. The van der Waals surface area contributed by atoms with E-state index in [0.29, 0.717) is 17.8 Å². The highest BCUT2D eigenvalue weighted by Gasteiger charge is 2.13. The van der Waals surface area contributed by atoms with Gasteiger partial charge in [0.05, 0.1) is 26.3 Å². The molecule has 0 aliphatic heterocycles. The van der Waals surface area contributed by atoms with Crippen LogP contribution < -0.4 is 14.8 Å². The summed E-state index contributed by atoms with van der Waals surface area (Å²) in [4.78, 5) is 25.4. The maximum Gasteiger partial charge on any atom is 0.387 e. The number of halogens is 2. The Morgan fingerprint density at radius 3 is 2.34 bits per heavy atom. The fourth-order valence-electron chi connectivity index (χ4n) is 2.62. The highest BCUT2D eigenvalue weighted by Crippen LogP contribution is 2.29. The summed E-state index contributed by atoms with van der Waals surface area (Å²) in [6, 6.07) is 10.9. The summed E-state index contributed by atoms with van der Waals surface area (Å²) in [7, 11) is 4.40. The number of hydrogen-bond donors (Lipinski definition) is 1. The molecule has 0 saturated heterocycles. The number of anilines is 1. The largest absolute Gasteiger partial charge is 0.493 e. The van der Waals surface area contributed by atoms with Crippen molar-refractivity contribution in [3.63, 3.8) is 0 Å². The Morgan fingerprint density at radius 2 is 1.76 bits per heavy atom. The van der Waals surface area contributed by atoms with E-state index in [1.807, 2.05) is 0 Å². The van der Waals surface area contributed by atoms with Crippen LogP contribution in [0.5, 0.6) is 11.5 Å². The van der Waals surface area contributed by atoms with E-state index < -0.39 is 12.6 Å². The van der Waals surface area contributed by atoms with Gasteiger partial charge in [0.25, 0.3) is 0 Å². The van der Waals surface area contributed by atoms with Gasteiger partial charge in [0.15, 0.2) is 11.5 Å². The Kier molecular flexibility index (Phi) is 7.90. The molecule has 0 radical (unpaired) electrons. The summed E-state index contributed by atoms with van der Waals surface area (Å²) >= 11 is 0. The van der Waals surface area contributed by atoms with Crippen LogP contribution in [-0.4, -0.2) is 51.2 Å². The van der Waals surface area contributed by atoms with Gasteiger partial charge in [0, 0.05) is 12.2 Å². The quantitative estimate of drug-likeness (QED) is 0.643. The van der Waals surface area contributed by atoms with Gasteiger partial charge in [-0.1, -0.05) is 6.07 Å². The summed E-state index contributed by atoms with van der Waals surface area (Å²) in [6.07, 6.45) is 0. The van der Waals surface area contributed by atoms with Crippen LogP contribution >= 0.6 is 0 Å². The van der Waals surface area contributed by atoms with Crippen LogP contribution in [0.4, 0.5) is 14.5 Å². The third-order valence-electron chi connectivity index (χ3n) is 3.90. The molecule has 0 bridgehead atoms. The van der Waals surface area contributed by atoms with E-state index in [9.17, 15) is 18.4 Å². The number of methoxy groups -OCH3 is 2. The van der Waals surface area contributed by atoms with E-state index in [1.54, 1.807) is 48.3 Å². The Labute approximate surface area is 167 Å². The van der Waals surface area contributed by atoms with Crippen LogP contribution in [0.15, 0.2) is 42.5 Å². The summed E-state index contributed by atoms with van der Waals surface area (Å²) < 4.78 is 38.9. The minimum atomic E-state index is -2.94. The summed E-state index contributed by atoms with van der Waals surface area (Å²) in [6.45, 7) is -2.46. The lowest BCUT2D eigenvalue weighted by molar-refractivity contribution is -0.117. The Morgan fingerprint density at radius 1 is 1.07 bits per heavy atom. The van der Waals surface area contributed by atoms with Gasteiger partial charge < -0.3 is 19.5 Å². The zero-order valence-electron chi connectivity index (χ0n) is 16.3. The molecule has 0 fully saturated rings. The number of carbonyl (C=O) groups excluding carboxylic acids is 2. The SMILES string of the molecule is COC(=O)c1ccc(NC(=O)CN(C)Cc2ccc(OC(F)F)c(OC)c2)cc1. The van der Waals surface area contributed by atoms with Gasteiger partial charge in [0.2, 0.25) is 5.91 Å². The maximum absolute atomic E-state index is 12.4. The van der Waals surface area contributed by atoms with Crippen molar-refractivity contribution in [2.45, 2.75) is 13.2 Å². The van der Waals surface area contributed by atoms with Crippen LogP contribution in [-0.2, 0) is 16.1 Å². The molecule has 0 heterocycles. The molecule has 29 heavy (non-hydrogen) atoms. The zero-order chi connectivity index (χ0) is 21.4. The first-order chi connectivity index (χ1) is 13.8. The maximum atomic E-state index is 12.4. The molecule has 0 aromatic heterocycles. The number of esters is 1. The van der Waals surface area contributed by atoms with E-state index in [4.69, 9.17) is 4.74 Å². The van der Waals surface area contributed by atoms with Gasteiger partial charge in [-0.25, -0.2) is 4.79 Å². The number of alkyl halides is 2. The smallest absolute Gasteiger partial charge is 0.387 e. The van der Waals surface area contributed by atoms with E-state index in [2.05, 4.69) is 14.8 Å². The lowest BCUT2D eigenvalue weighted by Crippen LogP contribution is -2.29. The Hall–Kier alpha value is -3.20. The molecule has 9 heteroatoms. The number of nitrogens with zero attached hydrogens (tertiary/aromatic N) is 1. The van der Waals surface area contributed by atoms with Crippen molar-refractivity contribution in [3.05, 3.63) is 53.6 Å². The van der Waals surface area contributed by atoms with Crippen molar-refractivity contribution in [3.8, 4) is 11.5 Å². The zero-order valence-corrected chi connectivity index (χ0v) is 16.3. The van der Waals surface area contributed by atoms with Crippen molar-refractivity contribution < 1.29 is 32.6 Å². The summed E-state index contributed by atoms with van der Waals surface area (Å²) in [5.74, 6) is -0.570. The highest BCUT2D eigenvalue weighted by atomic mass is 19.3. The minimum absolute atomic E-state index is 0.0537. The average Bonchev–Trinajstić information content (AvgIpc) is 2.68. The molecule has 0 saturated carbocycles. The van der Waals surface area contributed by atoms with Crippen LogP contribution in [0.2, 0.25) is 0 Å². The number of rotatable bonds is 9.